The zero-order valence-electron chi connectivity index (χ0n) is 10.00. The highest BCUT2D eigenvalue weighted by molar-refractivity contribution is 9.10. The molecule has 0 radical (unpaired) electrons. The van der Waals surface area contributed by atoms with Crippen LogP contribution < -0.4 is 10.1 Å². The van der Waals surface area contributed by atoms with Crippen molar-refractivity contribution in [1.29, 1.82) is 0 Å². The van der Waals surface area contributed by atoms with Gasteiger partial charge in [-0.2, -0.15) is 0 Å². The van der Waals surface area contributed by atoms with Crippen LogP contribution in [0.2, 0.25) is 0 Å². The fraction of sp³-hybridized carbons (Fsp3) is 0.154. The maximum atomic E-state index is 5.31. The molecule has 18 heavy (non-hydrogen) atoms. The van der Waals surface area contributed by atoms with E-state index >= 15 is 0 Å². The highest BCUT2D eigenvalue weighted by Crippen LogP contribution is 2.30. The lowest BCUT2D eigenvalue weighted by atomic mass is 10.3. The van der Waals surface area contributed by atoms with E-state index in [1.165, 1.54) is 0 Å². The largest absolute Gasteiger partial charge is 0.495 e. The smallest absolute Gasteiger partial charge is 0.142 e. The van der Waals surface area contributed by atoms with Gasteiger partial charge in [-0.25, -0.2) is 4.98 Å². The van der Waals surface area contributed by atoms with Gasteiger partial charge in [-0.15, -0.1) is 0 Å². The summed E-state index contributed by atoms with van der Waals surface area (Å²) in [7, 11) is 1.65. The maximum absolute atomic E-state index is 5.31. The fourth-order valence-corrected chi connectivity index (χ4v) is 2.11. The molecular formula is C13H12Br2N2O. The van der Waals surface area contributed by atoms with Crippen LogP contribution in [0.1, 0.15) is 5.69 Å². The van der Waals surface area contributed by atoms with Gasteiger partial charge in [0.2, 0.25) is 0 Å². The van der Waals surface area contributed by atoms with E-state index in [-0.39, 0.29) is 0 Å². The molecule has 0 aliphatic heterocycles. The second-order valence-corrected chi connectivity index (χ2v) is 5.50. The van der Waals surface area contributed by atoms with Gasteiger partial charge in [0.15, 0.2) is 0 Å². The molecule has 0 fully saturated rings. The molecule has 0 aliphatic carbocycles. The number of benzene rings is 1. The average molecular weight is 372 g/mol. The molecule has 1 aromatic carbocycles. The third kappa shape index (κ3) is 3.03. The molecule has 94 valence electrons. The minimum absolute atomic E-state index is 0.778. The van der Waals surface area contributed by atoms with E-state index in [1.54, 1.807) is 7.11 Å². The Labute approximate surface area is 123 Å². The minimum Gasteiger partial charge on any atom is -0.495 e. The van der Waals surface area contributed by atoms with E-state index in [1.807, 2.05) is 37.3 Å². The zero-order chi connectivity index (χ0) is 13.1. The number of pyridine rings is 1. The third-order valence-corrected chi connectivity index (χ3v) is 3.78. The molecule has 0 bridgehead atoms. The number of ether oxygens (including phenoxy) is 1. The van der Waals surface area contributed by atoms with Crippen LogP contribution >= 0.6 is 31.9 Å². The molecule has 2 aromatic rings. The standard InChI is InChI=1S/C13H12Br2N2O/c1-8-10(15)4-6-13(16-8)17-11-7-9(14)3-5-12(11)18-2/h3-7H,1-2H3,(H,16,17). The summed E-state index contributed by atoms with van der Waals surface area (Å²) in [4.78, 5) is 4.44. The Bertz CT molecular complexity index is 573. The number of aromatic nitrogens is 1. The number of nitrogens with one attached hydrogen (secondary N) is 1. The molecule has 0 saturated carbocycles. The number of halogens is 2. The van der Waals surface area contributed by atoms with Gasteiger partial charge in [0, 0.05) is 8.95 Å². The second kappa shape index (κ2) is 5.71. The molecule has 5 heteroatoms. The number of methoxy groups -OCH3 is 1. The maximum Gasteiger partial charge on any atom is 0.142 e. The van der Waals surface area contributed by atoms with Crippen molar-refractivity contribution < 1.29 is 4.74 Å². The topological polar surface area (TPSA) is 34.1 Å². The predicted molar refractivity (Wildman–Crippen MR) is 80.7 cm³/mol. The van der Waals surface area contributed by atoms with Crippen molar-refractivity contribution in [2.24, 2.45) is 0 Å². The van der Waals surface area contributed by atoms with Gasteiger partial charge in [0.05, 0.1) is 18.5 Å². The Morgan fingerprint density at radius 1 is 1.17 bits per heavy atom. The Morgan fingerprint density at radius 2 is 1.94 bits per heavy atom. The van der Waals surface area contributed by atoms with Gasteiger partial charge in [0.1, 0.15) is 11.6 Å². The molecule has 1 N–H and O–H groups in total. The fourth-order valence-electron chi connectivity index (χ4n) is 1.53. The summed E-state index contributed by atoms with van der Waals surface area (Å²) in [5.41, 5.74) is 1.81. The minimum atomic E-state index is 0.778. The van der Waals surface area contributed by atoms with Crippen LogP contribution in [0.5, 0.6) is 5.75 Å². The molecule has 0 amide bonds. The first-order valence-electron chi connectivity index (χ1n) is 5.34. The van der Waals surface area contributed by atoms with Crippen LogP contribution in [0.3, 0.4) is 0 Å². The second-order valence-electron chi connectivity index (χ2n) is 3.73. The Morgan fingerprint density at radius 3 is 2.61 bits per heavy atom. The predicted octanol–water partition coefficient (Wildman–Crippen LogP) is 4.67. The Balaban J connectivity index is 2.33. The van der Waals surface area contributed by atoms with Crippen molar-refractivity contribution in [2.75, 3.05) is 12.4 Å². The van der Waals surface area contributed by atoms with Crippen LogP contribution in [0.25, 0.3) is 0 Å². The zero-order valence-corrected chi connectivity index (χ0v) is 13.2. The highest BCUT2D eigenvalue weighted by Gasteiger charge is 2.05. The van der Waals surface area contributed by atoms with E-state index in [2.05, 4.69) is 42.2 Å². The summed E-state index contributed by atoms with van der Waals surface area (Å²) in [5.74, 6) is 1.56. The molecule has 2 rings (SSSR count). The van der Waals surface area contributed by atoms with Gasteiger partial charge in [0.25, 0.3) is 0 Å². The summed E-state index contributed by atoms with van der Waals surface area (Å²) < 4.78 is 7.29. The molecule has 0 saturated heterocycles. The van der Waals surface area contributed by atoms with Crippen LogP contribution in [-0.4, -0.2) is 12.1 Å². The number of hydrogen-bond donors (Lipinski definition) is 1. The molecular weight excluding hydrogens is 360 g/mol. The monoisotopic (exact) mass is 370 g/mol. The number of nitrogens with zero attached hydrogens (tertiary/aromatic N) is 1. The van der Waals surface area contributed by atoms with Gasteiger partial charge in [-0.1, -0.05) is 15.9 Å². The quantitative estimate of drug-likeness (QED) is 0.851. The Hall–Kier alpha value is -1.07. The first-order valence-corrected chi connectivity index (χ1v) is 6.92. The van der Waals surface area contributed by atoms with Gasteiger partial charge in [-0.05, 0) is 53.2 Å². The summed E-state index contributed by atoms with van der Waals surface area (Å²) in [6, 6.07) is 9.67. The van der Waals surface area contributed by atoms with Crippen molar-refractivity contribution in [3.63, 3.8) is 0 Å². The first kappa shape index (κ1) is 13.4. The molecule has 0 aliphatic rings. The molecule has 3 nitrogen and oxygen atoms in total. The van der Waals surface area contributed by atoms with Crippen molar-refractivity contribution >= 4 is 43.4 Å². The number of hydrogen-bond acceptors (Lipinski definition) is 3. The van der Waals surface area contributed by atoms with Crippen molar-refractivity contribution in [3.8, 4) is 5.75 Å². The van der Waals surface area contributed by atoms with E-state index in [9.17, 15) is 0 Å². The van der Waals surface area contributed by atoms with Crippen molar-refractivity contribution in [2.45, 2.75) is 6.92 Å². The third-order valence-electron chi connectivity index (χ3n) is 2.45. The van der Waals surface area contributed by atoms with E-state index in [0.29, 0.717) is 0 Å². The molecule has 0 spiro atoms. The van der Waals surface area contributed by atoms with E-state index in [0.717, 1.165) is 31.9 Å². The van der Waals surface area contributed by atoms with Crippen molar-refractivity contribution in [3.05, 3.63) is 45.0 Å². The van der Waals surface area contributed by atoms with Crippen LogP contribution in [-0.2, 0) is 0 Å². The van der Waals surface area contributed by atoms with E-state index in [4.69, 9.17) is 4.74 Å². The number of rotatable bonds is 3. The summed E-state index contributed by atoms with van der Waals surface area (Å²) in [6.07, 6.45) is 0. The summed E-state index contributed by atoms with van der Waals surface area (Å²) in [6.45, 7) is 1.95. The lowest BCUT2D eigenvalue weighted by Crippen LogP contribution is -1.97. The lowest BCUT2D eigenvalue weighted by Gasteiger charge is -2.11. The van der Waals surface area contributed by atoms with E-state index < -0.39 is 0 Å². The van der Waals surface area contributed by atoms with Crippen LogP contribution in [0, 0.1) is 6.92 Å². The average Bonchev–Trinajstić information content (AvgIpc) is 2.34. The Kier molecular flexibility index (Phi) is 4.24. The van der Waals surface area contributed by atoms with Crippen LogP contribution in [0.15, 0.2) is 39.3 Å². The lowest BCUT2D eigenvalue weighted by molar-refractivity contribution is 0.416. The van der Waals surface area contributed by atoms with Gasteiger partial charge in [-0.3, -0.25) is 0 Å². The number of aryl methyl sites for hydroxylation is 1. The highest BCUT2D eigenvalue weighted by atomic mass is 79.9. The molecule has 0 unspecified atom stereocenters. The number of anilines is 2. The first-order chi connectivity index (χ1) is 8.60. The van der Waals surface area contributed by atoms with Crippen molar-refractivity contribution in [1.82, 2.24) is 4.98 Å². The molecule has 1 heterocycles. The van der Waals surface area contributed by atoms with Gasteiger partial charge < -0.3 is 10.1 Å². The summed E-state index contributed by atoms with van der Waals surface area (Å²) in [5, 5.41) is 3.25. The van der Waals surface area contributed by atoms with Gasteiger partial charge >= 0.3 is 0 Å². The summed E-state index contributed by atoms with van der Waals surface area (Å²) >= 11 is 6.87. The SMILES string of the molecule is COc1ccc(Br)cc1Nc1ccc(Br)c(C)n1. The molecule has 0 atom stereocenters. The normalized spacial score (nSPS) is 10.2. The van der Waals surface area contributed by atoms with Crippen LogP contribution in [0.4, 0.5) is 11.5 Å². The molecule has 1 aromatic heterocycles.